The third-order valence-electron chi connectivity index (χ3n) is 2.39. The van der Waals surface area contributed by atoms with Gasteiger partial charge in [0.1, 0.15) is 12.1 Å². The molecule has 5 nitrogen and oxygen atoms in total. The van der Waals surface area contributed by atoms with E-state index < -0.39 is 0 Å². The largest absolute Gasteiger partial charge is 0.481 e. The van der Waals surface area contributed by atoms with Gasteiger partial charge in [0.15, 0.2) is 0 Å². The number of methoxy groups -OCH3 is 1. The molecule has 1 aromatic rings. The highest BCUT2D eigenvalue weighted by molar-refractivity contribution is 5.38. The summed E-state index contributed by atoms with van der Waals surface area (Å²) in [5, 5.41) is 3.28. The van der Waals surface area contributed by atoms with E-state index in [1.54, 1.807) is 13.2 Å². The van der Waals surface area contributed by atoms with Gasteiger partial charge in [0.2, 0.25) is 5.88 Å². The molecule has 0 aliphatic carbocycles. The Morgan fingerprint density at radius 2 is 2.31 bits per heavy atom. The van der Waals surface area contributed by atoms with Crippen molar-refractivity contribution in [2.24, 2.45) is 5.73 Å². The van der Waals surface area contributed by atoms with Gasteiger partial charge < -0.3 is 15.8 Å². The highest BCUT2D eigenvalue weighted by atomic mass is 16.5. The Morgan fingerprint density at radius 3 is 2.94 bits per heavy atom. The number of nitrogens with zero attached hydrogens (tertiary/aromatic N) is 2. The van der Waals surface area contributed by atoms with Gasteiger partial charge in [-0.25, -0.2) is 9.97 Å². The molecule has 0 aliphatic heterocycles. The molecule has 0 aliphatic rings. The fourth-order valence-electron chi connectivity index (χ4n) is 1.44. The smallest absolute Gasteiger partial charge is 0.218 e. The number of aromatic nitrogens is 2. The highest BCUT2D eigenvalue weighted by Gasteiger charge is 2.07. The predicted octanol–water partition coefficient (Wildman–Crippen LogP) is 1.41. The minimum atomic E-state index is 0.263. The second-order valence-corrected chi connectivity index (χ2v) is 3.66. The van der Waals surface area contributed by atoms with Gasteiger partial charge in [-0.3, -0.25) is 0 Å². The summed E-state index contributed by atoms with van der Waals surface area (Å²) in [6.45, 7) is 2.77. The summed E-state index contributed by atoms with van der Waals surface area (Å²) in [6.07, 6.45) is 4.87. The maximum Gasteiger partial charge on any atom is 0.218 e. The first-order chi connectivity index (χ1) is 7.80. The Morgan fingerprint density at radius 1 is 1.50 bits per heavy atom. The molecule has 1 rings (SSSR count). The van der Waals surface area contributed by atoms with Gasteiger partial charge in [-0.05, 0) is 6.42 Å². The van der Waals surface area contributed by atoms with Crippen LogP contribution in [0.15, 0.2) is 12.4 Å². The fourth-order valence-corrected chi connectivity index (χ4v) is 1.44. The zero-order chi connectivity index (χ0) is 11.8. The van der Waals surface area contributed by atoms with Crippen LogP contribution in [0.3, 0.4) is 0 Å². The van der Waals surface area contributed by atoms with Gasteiger partial charge in [-0.1, -0.05) is 19.8 Å². The van der Waals surface area contributed by atoms with Crippen molar-refractivity contribution in [2.75, 3.05) is 19.0 Å². The Hall–Kier alpha value is -1.36. The lowest BCUT2D eigenvalue weighted by Crippen LogP contribution is -2.29. The molecule has 0 spiro atoms. The summed E-state index contributed by atoms with van der Waals surface area (Å²) in [7, 11) is 1.59. The van der Waals surface area contributed by atoms with Crippen molar-refractivity contribution in [1.29, 1.82) is 0 Å². The van der Waals surface area contributed by atoms with E-state index in [4.69, 9.17) is 10.5 Å². The minimum absolute atomic E-state index is 0.263. The third kappa shape index (κ3) is 4.02. The van der Waals surface area contributed by atoms with Crippen molar-refractivity contribution in [1.82, 2.24) is 9.97 Å². The van der Waals surface area contributed by atoms with Gasteiger partial charge in [-0.2, -0.15) is 0 Å². The van der Waals surface area contributed by atoms with E-state index in [2.05, 4.69) is 22.2 Å². The monoisotopic (exact) mass is 224 g/mol. The number of anilines is 1. The van der Waals surface area contributed by atoms with E-state index in [0.29, 0.717) is 12.4 Å². The lowest BCUT2D eigenvalue weighted by molar-refractivity contribution is 0.397. The van der Waals surface area contributed by atoms with Gasteiger partial charge in [0.05, 0.1) is 7.11 Å². The lowest BCUT2D eigenvalue weighted by Gasteiger charge is -2.16. The molecule has 0 aromatic carbocycles. The van der Waals surface area contributed by atoms with Crippen LogP contribution in [-0.2, 0) is 0 Å². The van der Waals surface area contributed by atoms with Gasteiger partial charge in [0, 0.05) is 18.7 Å². The molecule has 1 atom stereocenters. The molecule has 5 heteroatoms. The number of rotatable bonds is 7. The van der Waals surface area contributed by atoms with Crippen molar-refractivity contribution >= 4 is 5.82 Å². The Balaban J connectivity index is 2.55. The Kier molecular flexibility index (Phi) is 5.56. The molecule has 1 heterocycles. The third-order valence-corrected chi connectivity index (χ3v) is 2.39. The number of nitrogens with one attached hydrogen (secondary N) is 1. The van der Waals surface area contributed by atoms with Crippen molar-refractivity contribution in [3.63, 3.8) is 0 Å². The van der Waals surface area contributed by atoms with Gasteiger partial charge in [0.25, 0.3) is 0 Å². The van der Waals surface area contributed by atoms with Crippen LogP contribution in [-0.4, -0.2) is 29.7 Å². The summed E-state index contributed by atoms with van der Waals surface area (Å²) < 4.78 is 5.03. The van der Waals surface area contributed by atoms with E-state index >= 15 is 0 Å². The molecule has 1 aromatic heterocycles. The molecule has 3 N–H and O–H groups in total. The van der Waals surface area contributed by atoms with Crippen molar-refractivity contribution in [3.8, 4) is 5.88 Å². The van der Waals surface area contributed by atoms with E-state index in [9.17, 15) is 0 Å². The van der Waals surface area contributed by atoms with E-state index in [1.807, 2.05) is 0 Å². The second-order valence-electron chi connectivity index (χ2n) is 3.66. The molecule has 0 fully saturated rings. The zero-order valence-corrected chi connectivity index (χ0v) is 9.94. The SMILES string of the molecule is CCCCC(CN)Nc1cc(OC)ncn1. The number of unbranched alkanes of at least 4 members (excludes halogenated alkanes) is 1. The van der Waals surface area contributed by atoms with Crippen molar-refractivity contribution < 1.29 is 4.74 Å². The van der Waals surface area contributed by atoms with Crippen LogP contribution in [0, 0.1) is 0 Å². The maximum atomic E-state index is 5.69. The summed E-state index contributed by atoms with van der Waals surface area (Å²) in [4.78, 5) is 8.07. The number of hydrogen-bond donors (Lipinski definition) is 2. The van der Waals surface area contributed by atoms with Gasteiger partial charge >= 0.3 is 0 Å². The maximum absolute atomic E-state index is 5.69. The predicted molar refractivity (Wildman–Crippen MR) is 64.6 cm³/mol. The number of nitrogens with two attached hydrogens (primary N) is 1. The molecule has 0 amide bonds. The second kappa shape index (κ2) is 7.00. The van der Waals surface area contributed by atoms with E-state index in [-0.39, 0.29) is 6.04 Å². The minimum Gasteiger partial charge on any atom is -0.481 e. The first kappa shape index (κ1) is 12.7. The summed E-state index contributed by atoms with van der Waals surface area (Å²) in [5.41, 5.74) is 5.69. The number of ether oxygens (including phenoxy) is 1. The van der Waals surface area contributed by atoms with Crippen LogP contribution in [0.1, 0.15) is 26.2 Å². The molecule has 0 saturated heterocycles. The van der Waals surface area contributed by atoms with Crippen LogP contribution in [0.4, 0.5) is 5.82 Å². The van der Waals surface area contributed by atoms with Crippen LogP contribution in [0.2, 0.25) is 0 Å². The number of hydrogen-bond acceptors (Lipinski definition) is 5. The molecular formula is C11H20N4O. The summed E-state index contributed by atoms with van der Waals surface area (Å²) in [5.74, 6) is 1.32. The fraction of sp³-hybridized carbons (Fsp3) is 0.636. The molecule has 90 valence electrons. The first-order valence-corrected chi connectivity index (χ1v) is 5.62. The van der Waals surface area contributed by atoms with E-state index in [1.165, 1.54) is 12.7 Å². The lowest BCUT2D eigenvalue weighted by atomic mass is 10.1. The highest BCUT2D eigenvalue weighted by Crippen LogP contribution is 2.12. The Labute approximate surface area is 96.4 Å². The van der Waals surface area contributed by atoms with Crippen molar-refractivity contribution in [2.45, 2.75) is 32.2 Å². The van der Waals surface area contributed by atoms with Crippen LogP contribution in [0.5, 0.6) is 5.88 Å². The van der Waals surface area contributed by atoms with Crippen LogP contribution in [0.25, 0.3) is 0 Å². The average molecular weight is 224 g/mol. The molecule has 0 bridgehead atoms. The van der Waals surface area contributed by atoms with Crippen LogP contribution < -0.4 is 15.8 Å². The standard InChI is InChI=1S/C11H20N4O/c1-3-4-5-9(7-12)15-10-6-11(16-2)14-8-13-10/h6,8-9H,3-5,7,12H2,1-2H3,(H,13,14,15). The molecule has 0 radical (unpaired) electrons. The summed E-state index contributed by atoms with van der Waals surface area (Å²) >= 11 is 0. The average Bonchev–Trinajstić information content (AvgIpc) is 2.34. The summed E-state index contributed by atoms with van der Waals surface area (Å²) in [6, 6.07) is 2.04. The Bertz CT molecular complexity index is 306. The van der Waals surface area contributed by atoms with Crippen LogP contribution >= 0.6 is 0 Å². The van der Waals surface area contributed by atoms with Gasteiger partial charge in [-0.15, -0.1) is 0 Å². The molecule has 16 heavy (non-hydrogen) atoms. The molecular weight excluding hydrogens is 204 g/mol. The molecule has 0 saturated carbocycles. The zero-order valence-electron chi connectivity index (χ0n) is 9.94. The molecule has 1 unspecified atom stereocenters. The quantitative estimate of drug-likeness (QED) is 0.732. The normalized spacial score (nSPS) is 12.2. The first-order valence-electron chi connectivity index (χ1n) is 5.62. The van der Waals surface area contributed by atoms with E-state index in [0.717, 1.165) is 18.7 Å². The van der Waals surface area contributed by atoms with Crippen molar-refractivity contribution in [3.05, 3.63) is 12.4 Å². The topological polar surface area (TPSA) is 73.1 Å².